The minimum absolute atomic E-state index is 0.0583. The minimum atomic E-state index is -0.477. The monoisotopic (exact) mass is 303 g/mol. The number of hydrogen-bond acceptors (Lipinski definition) is 3. The number of benzene rings is 1. The predicted octanol–water partition coefficient (Wildman–Crippen LogP) is 3.28. The average Bonchev–Trinajstić information content (AvgIpc) is 2.45. The van der Waals surface area contributed by atoms with Crippen LogP contribution in [-0.4, -0.2) is 35.5 Å². The summed E-state index contributed by atoms with van der Waals surface area (Å²) in [5.41, 5.74) is 0.973. The van der Waals surface area contributed by atoms with Gasteiger partial charge in [-0.05, 0) is 40.2 Å². The lowest BCUT2D eigenvalue weighted by atomic mass is 10.0. The molecule has 22 heavy (non-hydrogen) atoms. The lowest BCUT2D eigenvalue weighted by Crippen LogP contribution is -2.41. The maximum atomic E-state index is 12.6. The van der Waals surface area contributed by atoms with E-state index in [4.69, 9.17) is 4.74 Å². The molecule has 0 radical (unpaired) electrons. The Kier molecular flexibility index (Phi) is 6.83. The van der Waals surface area contributed by atoms with Gasteiger partial charge in [-0.2, -0.15) is 0 Å². The number of rotatable bonds is 6. The SMILES string of the molecule is CCOC(=O)C(=CC(=O)N(C(C)C)C(C)C)c1ccccc1. The Balaban J connectivity index is 3.20. The normalized spacial score (nSPS) is 11.7. The van der Waals surface area contributed by atoms with E-state index in [0.29, 0.717) is 11.1 Å². The van der Waals surface area contributed by atoms with E-state index >= 15 is 0 Å². The van der Waals surface area contributed by atoms with Crippen molar-refractivity contribution in [1.82, 2.24) is 4.90 Å². The maximum absolute atomic E-state index is 12.6. The van der Waals surface area contributed by atoms with Crippen molar-refractivity contribution in [2.45, 2.75) is 46.7 Å². The molecule has 0 saturated heterocycles. The number of ether oxygens (including phenoxy) is 1. The van der Waals surface area contributed by atoms with Crippen LogP contribution in [0.2, 0.25) is 0 Å². The first-order valence-electron chi connectivity index (χ1n) is 7.65. The molecule has 1 aromatic carbocycles. The summed E-state index contributed by atoms with van der Waals surface area (Å²) in [6.45, 7) is 9.85. The van der Waals surface area contributed by atoms with Crippen LogP contribution in [0.5, 0.6) is 0 Å². The smallest absolute Gasteiger partial charge is 0.338 e. The second-order valence-corrected chi connectivity index (χ2v) is 5.58. The van der Waals surface area contributed by atoms with Crippen LogP contribution < -0.4 is 0 Å². The topological polar surface area (TPSA) is 46.6 Å². The highest BCUT2D eigenvalue weighted by Gasteiger charge is 2.21. The van der Waals surface area contributed by atoms with E-state index in [0.717, 1.165) is 0 Å². The van der Waals surface area contributed by atoms with Crippen molar-refractivity contribution in [2.24, 2.45) is 0 Å². The van der Waals surface area contributed by atoms with Crippen LogP contribution in [-0.2, 0) is 14.3 Å². The summed E-state index contributed by atoms with van der Waals surface area (Å²) in [5.74, 6) is -0.661. The largest absolute Gasteiger partial charge is 0.462 e. The van der Waals surface area contributed by atoms with Gasteiger partial charge >= 0.3 is 5.97 Å². The van der Waals surface area contributed by atoms with Gasteiger partial charge in [-0.3, -0.25) is 4.79 Å². The van der Waals surface area contributed by atoms with Gasteiger partial charge in [0.25, 0.3) is 0 Å². The molecule has 0 spiro atoms. The summed E-state index contributed by atoms with van der Waals surface area (Å²) in [5, 5.41) is 0. The highest BCUT2D eigenvalue weighted by Crippen LogP contribution is 2.18. The third-order valence-electron chi connectivity index (χ3n) is 3.22. The van der Waals surface area contributed by atoms with Crippen molar-refractivity contribution in [3.05, 3.63) is 42.0 Å². The number of hydrogen-bond donors (Lipinski definition) is 0. The maximum Gasteiger partial charge on any atom is 0.338 e. The van der Waals surface area contributed by atoms with Crippen LogP contribution in [0.1, 0.15) is 40.2 Å². The molecule has 0 aliphatic rings. The van der Waals surface area contributed by atoms with E-state index in [-0.39, 0.29) is 24.6 Å². The van der Waals surface area contributed by atoms with E-state index < -0.39 is 5.97 Å². The molecule has 1 rings (SSSR count). The van der Waals surface area contributed by atoms with Gasteiger partial charge in [0.1, 0.15) is 0 Å². The first-order valence-corrected chi connectivity index (χ1v) is 7.65. The molecule has 1 amide bonds. The Morgan fingerprint density at radius 2 is 1.64 bits per heavy atom. The van der Waals surface area contributed by atoms with Crippen molar-refractivity contribution in [3.63, 3.8) is 0 Å². The Morgan fingerprint density at radius 1 is 1.09 bits per heavy atom. The van der Waals surface area contributed by atoms with Crippen LogP contribution in [0, 0.1) is 0 Å². The second kappa shape index (κ2) is 8.37. The molecule has 0 aliphatic heterocycles. The Bertz CT molecular complexity index is 525. The molecule has 0 atom stereocenters. The highest BCUT2D eigenvalue weighted by molar-refractivity contribution is 6.21. The Hall–Kier alpha value is -2.10. The van der Waals surface area contributed by atoms with E-state index in [1.165, 1.54) is 6.08 Å². The van der Waals surface area contributed by atoms with Gasteiger partial charge in [-0.25, -0.2) is 4.79 Å². The van der Waals surface area contributed by atoms with Gasteiger partial charge in [0.2, 0.25) is 5.91 Å². The van der Waals surface area contributed by atoms with Crippen LogP contribution in [0.3, 0.4) is 0 Å². The standard InChI is InChI=1S/C18H25NO3/c1-6-22-18(21)16(15-10-8-7-9-11-15)12-17(20)19(13(2)3)14(4)5/h7-14H,6H2,1-5H3. The second-order valence-electron chi connectivity index (χ2n) is 5.58. The van der Waals surface area contributed by atoms with Gasteiger partial charge in [0.15, 0.2) is 0 Å². The predicted molar refractivity (Wildman–Crippen MR) is 88.2 cm³/mol. The Labute approximate surface area is 132 Å². The summed E-state index contributed by atoms with van der Waals surface area (Å²) < 4.78 is 5.08. The summed E-state index contributed by atoms with van der Waals surface area (Å²) in [6, 6.07) is 9.23. The first kappa shape index (κ1) is 18.0. The van der Waals surface area contributed by atoms with Gasteiger partial charge in [0, 0.05) is 18.2 Å². The van der Waals surface area contributed by atoms with E-state index in [2.05, 4.69) is 0 Å². The van der Waals surface area contributed by atoms with Crippen molar-refractivity contribution in [1.29, 1.82) is 0 Å². The van der Waals surface area contributed by atoms with Crippen LogP contribution in [0.25, 0.3) is 5.57 Å². The fourth-order valence-corrected chi connectivity index (χ4v) is 2.39. The van der Waals surface area contributed by atoms with Gasteiger partial charge in [0.05, 0.1) is 12.2 Å². The van der Waals surface area contributed by atoms with E-state index in [1.807, 2.05) is 45.9 Å². The fourth-order valence-electron chi connectivity index (χ4n) is 2.39. The zero-order valence-electron chi connectivity index (χ0n) is 14.0. The lowest BCUT2D eigenvalue weighted by Gasteiger charge is -2.29. The van der Waals surface area contributed by atoms with Gasteiger partial charge in [-0.15, -0.1) is 0 Å². The highest BCUT2D eigenvalue weighted by atomic mass is 16.5. The number of carbonyl (C=O) groups excluding carboxylic acids is 2. The molecule has 120 valence electrons. The molecule has 0 unspecified atom stereocenters. The molecular weight excluding hydrogens is 278 g/mol. The van der Waals surface area contributed by atoms with Crippen molar-refractivity contribution < 1.29 is 14.3 Å². The van der Waals surface area contributed by atoms with Crippen LogP contribution in [0.15, 0.2) is 36.4 Å². The van der Waals surface area contributed by atoms with Crippen LogP contribution in [0.4, 0.5) is 0 Å². The molecule has 0 aromatic heterocycles. The van der Waals surface area contributed by atoms with Crippen molar-refractivity contribution in [2.75, 3.05) is 6.61 Å². The first-order chi connectivity index (χ1) is 10.4. The quantitative estimate of drug-likeness (QED) is 0.598. The zero-order chi connectivity index (χ0) is 16.7. The number of nitrogens with zero attached hydrogens (tertiary/aromatic N) is 1. The van der Waals surface area contributed by atoms with Crippen molar-refractivity contribution >= 4 is 17.4 Å². The molecule has 4 heteroatoms. The van der Waals surface area contributed by atoms with Gasteiger partial charge < -0.3 is 9.64 Å². The number of carbonyl (C=O) groups is 2. The molecule has 0 N–H and O–H groups in total. The molecule has 0 fully saturated rings. The van der Waals surface area contributed by atoms with Crippen LogP contribution >= 0.6 is 0 Å². The summed E-state index contributed by atoms with van der Waals surface area (Å²) in [4.78, 5) is 26.5. The fraction of sp³-hybridized carbons (Fsp3) is 0.444. The lowest BCUT2D eigenvalue weighted by molar-refractivity contribution is -0.136. The third-order valence-corrected chi connectivity index (χ3v) is 3.22. The van der Waals surface area contributed by atoms with E-state index in [1.54, 1.807) is 24.0 Å². The molecule has 0 heterocycles. The van der Waals surface area contributed by atoms with Gasteiger partial charge in [-0.1, -0.05) is 30.3 Å². The van der Waals surface area contributed by atoms with E-state index in [9.17, 15) is 9.59 Å². The molecule has 0 aliphatic carbocycles. The number of esters is 1. The molecule has 0 saturated carbocycles. The Morgan fingerprint density at radius 3 is 2.09 bits per heavy atom. The van der Waals surface area contributed by atoms with Crippen molar-refractivity contribution in [3.8, 4) is 0 Å². The third kappa shape index (κ3) is 4.72. The molecular formula is C18H25NO3. The molecule has 4 nitrogen and oxygen atoms in total. The minimum Gasteiger partial charge on any atom is -0.462 e. The number of amides is 1. The molecule has 1 aromatic rings. The zero-order valence-corrected chi connectivity index (χ0v) is 14.0. The molecule has 0 bridgehead atoms. The summed E-state index contributed by atoms with van der Waals surface area (Å²) in [7, 11) is 0. The summed E-state index contributed by atoms with van der Waals surface area (Å²) in [6.07, 6.45) is 1.38. The average molecular weight is 303 g/mol. The summed E-state index contributed by atoms with van der Waals surface area (Å²) >= 11 is 0.